The Bertz CT molecular complexity index is 445. The van der Waals surface area contributed by atoms with Gasteiger partial charge in [-0.15, -0.1) is 0 Å². The molecule has 1 aromatic carbocycles. The van der Waals surface area contributed by atoms with Crippen LogP contribution in [-0.4, -0.2) is 23.0 Å². The summed E-state index contributed by atoms with van der Waals surface area (Å²) in [6.45, 7) is 3.61. The molecule has 0 aromatic heterocycles. The minimum absolute atomic E-state index is 0.340. The van der Waals surface area contributed by atoms with E-state index in [4.69, 9.17) is 5.11 Å². The van der Waals surface area contributed by atoms with Gasteiger partial charge >= 0.3 is 5.97 Å². The standard InChI is InChI=1S/C12H14INO3/c1-3-10(12(16)17)14-11(15)8-6-7(2)4-5-9(8)13/h4-6,10H,3H2,1-2H3,(H,14,15)(H,16,17). The third kappa shape index (κ3) is 3.69. The van der Waals surface area contributed by atoms with Gasteiger partial charge in [-0.25, -0.2) is 4.79 Å². The first-order valence-electron chi connectivity index (χ1n) is 5.25. The molecular formula is C12H14INO3. The van der Waals surface area contributed by atoms with Gasteiger partial charge in [0, 0.05) is 3.57 Å². The normalized spacial score (nSPS) is 11.9. The number of benzene rings is 1. The lowest BCUT2D eigenvalue weighted by Gasteiger charge is -2.13. The molecule has 0 bridgehead atoms. The van der Waals surface area contributed by atoms with E-state index in [0.717, 1.165) is 9.13 Å². The fourth-order valence-electron chi connectivity index (χ4n) is 1.39. The monoisotopic (exact) mass is 347 g/mol. The lowest BCUT2D eigenvalue weighted by atomic mass is 10.1. The molecule has 0 aliphatic carbocycles. The summed E-state index contributed by atoms with van der Waals surface area (Å²) < 4.78 is 0.811. The van der Waals surface area contributed by atoms with Gasteiger partial charge < -0.3 is 10.4 Å². The van der Waals surface area contributed by atoms with Gasteiger partial charge in [0.25, 0.3) is 5.91 Å². The molecule has 17 heavy (non-hydrogen) atoms. The molecule has 1 amide bonds. The topological polar surface area (TPSA) is 66.4 Å². The lowest BCUT2D eigenvalue weighted by Crippen LogP contribution is -2.40. The van der Waals surface area contributed by atoms with Gasteiger partial charge in [0.2, 0.25) is 0 Å². The summed E-state index contributed by atoms with van der Waals surface area (Å²) in [5.74, 6) is -1.35. The van der Waals surface area contributed by atoms with Crippen LogP contribution in [0.5, 0.6) is 0 Å². The number of halogens is 1. The molecule has 2 N–H and O–H groups in total. The molecule has 0 spiro atoms. The van der Waals surface area contributed by atoms with Crippen LogP contribution < -0.4 is 5.32 Å². The summed E-state index contributed by atoms with van der Waals surface area (Å²) in [6.07, 6.45) is 0.365. The van der Waals surface area contributed by atoms with E-state index in [1.165, 1.54) is 0 Å². The number of carbonyl (C=O) groups excluding carboxylic acids is 1. The van der Waals surface area contributed by atoms with Gasteiger partial charge in [0.1, 0.15) is 6.04 Å². The van der Waals surface area contributed by atoms with E-state index >= 15 is 0 Å². The third-order valence-corrected chi connectivity index (χ3v) is 3.32. The largest absolute Gasteiger partial charge is 0.480 e. The van der Waals surface area contributed by atoms with Gasteiger partial charge in [-0.2, -0.15) is 0 Å². The van der Waals surface area contributed by atoms with Crippen LogP contribution in [0.4, 0.5) is 0 Å². The molecule has 0 saturated heterocycles. The van der Waals surface area contributed by atoms with Crippen LogP contribution in [-0.2, 0) is 4.79 Å². The van der Waals surface area contributed by atoms with Crippen molar-refractivity contribution in [3.63, 3.8) is 0 Å². The number of nitrogens with one attached hydrogen (secondary N) is 1. The summed E-state index contributed by atoms with van der Waals surface area (Å²) in [4.78, 5) is 22.7. The maximum absolute atomic E-state index is 11.9. The SMILES string of the molecule is CCC(NC(=O)c1cc(C)ccc1I)C(=O)O. The molecule has 0 fully saturated rings. The Hall–Kier alpha value is -1.11. The molecule has 1 unspecified atom stereocenters. The molecule has 0 heterocycles. The number of carboxylic acids is 1. The second-order valence-electron chi connectivity index (χ2n) is 3.76. The molecule has 5 heteroatoms. The Labute approximate surface area is 114 Å². The molecule has 0 aliphatic rings. The summed E-state index contributed by atoms with van der Waals surface area (Å²) in [5, 5.41) is 11.4. The molecule has 92 valence electrons. The van der Waals surface area contributed by atoms with E-state index in [2.05, 4.69) is 27.9 Å². The highest BCUT2D eigenvalue weighted by molar-refractivity contribution is 14.1. The molecule has 0 radical (unpaired) electrons. The Morgan fingerprint density at radius 2 is 2.12 bits per heavy atom. The number of carboxylic acid groups (broad SMARTS) is 1. The third-order valence-electron chi connectivity index (χ3n) is 2.38. The number of aliphatic carboxylic acids is 1. The first kappa shape index (κ1) is 14.0. The van der Waals surface area contributed by atoms with Crippen LogP contribution >= 0.6 is 22.6 Å². The van der Waals surface area contributed by atoms with E-state index in [1.807, 2.05) is 19.1 Å². The maximum atomic E-state index is 11.9. The van der Waals surface area contributed by atoms with Crippen LogP contribution in [0.1, 0.15) is 29.3 Å². The van der Waals surface area contributed by atoms with Gasteiger partial charge in [-0.3, -0.25) is 4.79 Å². The number of rotatable bonds is 4. The van der Waals surface area contributed by atoms with Crippen molar-refractivity contribution in [3.8, 4) is 0 Å². The van der Waals surface area contributed by atoms with Crippen molar-refractivity contribution in [1.82, 2.24) is 5.32 Å². The van der Waals surface area contributed by atoms with Crippen LogP contribution in [0.15, 0.2) is 18.2 Å². The Kier molecular flexibility index (Phi) is 4.92. The van der Waals surface area contributed by atoms with Crippen molar-refractivity contribution < 1.29 is 14.7 Å². The Morgan fingerprint density at radius 3 is 2.65 bits per heavy atom. The van der Waals surface area contributed by atoms with E-state index in [9.17, 15) is 9.59 Å². The highest BCUT2D eigenvalue weighted by Crippen LogP contribution is 2.14. The molecule has 4 nitrogen and oxygen atoms in total. The highest BCUT2D eigenvalue weighted by atomic mass is 127. The van der Waals surface area contributed by atoms with E-state index < -0.39 is 12.0 Å². The second kappa shape index (κ2) is 6.00. The minimum atomic E-state index is -1.01. The van der Waals surface area contributed by atoms with Crippen molar-refractivity contribution in [2.24, 2.45) is 0 Å². The van der Waals surface area contributed by atoms with Gasteiger partial charge in [-0.1, -0.05) is 18.6 Å². The quantitative estimate of drug-likeness (QED) is 0.821. The summed E-state index contributed by atoms with van der Waals surface area (Å²) in [6, 6.07) is 4.67. The summed E-state index contributed by atoms with van der Waals surface area (Å²) in [5.41, 5.74) is 1.49. The Morgan fingerprint density at radius 1 is 1.47 bits per heavy atom. The molecule has 0 aliphatic heterocycles. The number of hydrogen-bond acceptors (Lipinski definition) is 2. The zero-order valence-corrected chi connectivity index (χ0v) is 11.8. The van der Waals surface area contributed by atoms with Crippen LogP contribution in [0.2, 0.25) is 0 Å². The minimum Gasteiger partial charge on any atom is -0.480 e. The number of aryl methyl sites for hydroxylation is 1. The van der Waals surface area contributed by atoms with Crippen molar-refractivity contribution in [3.05, 3.63) is 32.9 Å². The van der Waals surface area contributed by atoms with Crippen molar-refractivity contribution in [1.29, 1.82) is 0 Å². The summed E-state index contributed by atoms with van der Waals surface area (Å²) >= 11 is 2.06. The Balaban J connectivity index is 2.89. The van der Waals surface area contributed by atoms with Crippen molar-refractivity contribution >= 4 is 34.5 Å². The van der Waals surface area contributed by atoms with E-state index in [0.29, 0.717) is 12.0 Å². The number of amides is 1. The van der Waals surface area contributed by atoms with Gasteiger partial charge in [-0.05, 0) is 48.1 Å². The fourth-order valence-corrected chi connectivity index (χ4v) is 1.97. The van der Waals surface area contributed by atoms with Crippen molar-refractivity contribution in [2.75, 3.05) is 0 Å². The average Bonchev–Trinajstić information content (AvgIpc) is 2.28. The number of carbonyl (C=O) groups is 2. The predicted molar refractivity (Wildman–Crippen MR) is 73.1 cm³/mol. The average molecular weight is 347 g/mol. The fraction of sp³-hybridized carbons (Fsp3) is 0.333. The van der Waals surface area contributed by atoms with Crippen molar-refractivity contribution in [2.45, 2.75) is 26.3 Å². The summed E-state index contributed by atoms with van der Waals surface area (Å²) in [7, 11) is 0. The molecule has 1 atom stereocenters. The molecule has 1 aromatic rings. The van der Waals surface area contributed by atoms with Crippen LogP contribution in [0.3, 0.4) is 0 Å². The van der Waals surface area contributed by atoms with Crippen LogP contribution in [0, 0.1) is 10.5 Å². The van der Waals surface area contributed by atoms with E-state index in [1.54, 1.807) is 13.0 Å². The molecule has 1 rings (SSSR count). The van der Waals surface area contributed by atoms with Gasteiger partial charge in [0.15, 0.2) is 0 Å². The van der Waals surface area contributed by atoms with Gasteiger partial charge in [0.05, 0.1) is 5.56 Å². The number of hydrogen-bond donors (Lipinski definition) is 2. The molecule has 0 saturated carbocycles. The lowest BCUT2D eigenvalue weighted by molar-refractivity contribution is -0.139. The first-order valence-corrected chi connectivity index (χ1v) is 6.33. The highest BCUT2D eigenvalue weighted by Gasteiger charge is 2.19. The molecular weight excluding hydrogens is 333 g/mol. The first-order chi connectivity index (χ1) is 7.95. The predicted octanol–water partition coefficient (Wildman–Crippen LogP) is 2.19. The van der Waals surface area contributed by atoms with Crippen LogP contribution in [0.25, 0.3) is 0 Å². The van der Waals surface area contributed by atoms with E-state index in [-0.39, 0.29) is 5.91 Å². The smallest absolute Gasteiger partial charge is 0.326 e. The zero-order chi connectivity index (χ0) is 13.0. The zero-order valence-electron chi connectivity index (χ0n) is 9.66. The second-order valence-corrected chi connectivity index (χ2v) is 4.92. The maximum Gasteiger partial charge on any atom is 0.326 e.